The third-order valence-corrected chi connectivity index (χ3v) is 3.97. The van der Waals surface area contributed by atoms with Gasteiger partial charge in [0, 0.05) is 6.54 Å². The van der Waals surface area contributed by atoms with Crippen molar-refractivity contribution in [1.82, 2.24) is 5.32 Å². The van der Waals surface area contributed by atoms with E-state index in [1.807, 2.05) is 24.3 Å². The Morgan fingerprint density at radius 2 is 1.95 bits per heavy atom. The molecular formula is C18H24N2O. The molecule has 1 unspecified atom stereocenters. The summed E-state index contributed by atoms with van der Waals surface area (Å²) in [5.74, 6) is 0.563. The fourth-order valence-corrected chi connectivity index (χ4v) is 2.63. The highest BCUT2D eigenvalue weighted by Crippen LogP contribution is 2.18. The molecule has 21 heavy (non-hydrogen) atoms. The maximum Gasteiger partial charge on any atom is 0.224 e. The summed E-state index contributed by atoms with van der Waals surface area (Å²) >= 11 is 0. The van der Waals surface area contributed by atoms with Gasteiger partial charge >= 0.3 is 0 Å². The van der Waals surface area contributed by atoms with Crippen molar-refractivity contribution in [2.45, 2.75) is 26.2 Å². The van der Waals surface area contributed by atoms with Gasteiger partial charge in [0.2, 0.25) is 5.91 Å². The molecule has 0 saturated heterocycles. The first-order valence-electron chi connectivity index (χ1n) is 7.68. The monoisotopic (exact) mass is 284 g/mol. The lowest BCUT2D eigenvalue weighted by Crippen LogP contribution is -2.31. The van der Waals surface area contributed by atoms with Gasteiger partial charge in [-0.2, -0.15) is 0 Å². The third-order valence-electron chi connectivity index (χ3n) is 3.97. The molecule has 0 aliphatic heterocycles. The Morgan fingerprint density at radius 1 is 1.19 bits per heavy atom. The first-order chi connectivity index (χ1) is 10.2. The summed E-state index contributed by atoms with van der Waals surface area (Å²) < 4.78 is 0. The minimum atomic E-state index is 0.0850. The van der Waals surface area contributed by atoms with E-state index in [9.17, 15) is 4.79 Å². The number of carbonyl (C=O) groups is 1. The van der Waals surface area contributed by atoms with Crippen LogP contribution in [0.2, 0.25) is 0 Å². The van der Waals surface area contributed by atoms with E-state index in [0.29, 0.717) is 18.9 Å². The molecule has 0 aliphatic rings. The number of hydrogen-bond acceptors (Lipinski definition) is 2. The molecule has 0 aromatic heterocycles. The number of rotatable bonds is 7. The van der Waals surface area contributed by atoms with Gasteiger partial charge < -0.3 is 11.1 Å². The SMILES string of the molecule is CCC(CCN)CNC(=O)Cc1cccc2ccccc12. The molecule has 0 saturated carbocycles. The van der Waals surface area contributed by atoms with Crippen LogP contribution in [-0.2, 0) is 11.2 Å². The molecule has 0 spiro atoms. The van der Waals surface area contributed by atoms with Crippen LogP contribution in [0.25, 0.3) is 10.8 Å². The van der Waals surface area contributed by atoms with Gasteiger partial charge in [0.05, 0.1) is 6.42 Å². The second kappa shape index (κ2) is 7.79. The quantitative estimate of drug-likeness (QED) is 0.821. The summed E-state index contributed by atoms with van der Waals surface area (Å²) in [6.45, 7) is 3.53. The number of fused-ring (bicyclic) bond motifs is 1. The minimum Gasteiger partial charge on any atom is -0.356 e. The maximum atomic E-state index is 12.1. The number of nitrogens with one attached hydrogen (secondary N) is 1. The number of nitrogens with two attached hydrogens (primary N) is 1. The smallest absolute Gasteiger partial charge is 0.224 e. The zero-order valence-corrected chi connectivity index (χ0v) is 12.6. The molecule has 1 amide bonds. The summed E-state index contributed by atoms with van der Waals surface area (Å²) in [6, 6.07) is 14.3. The van der Waals surface area contributed by atoms with Gasteiger partial charge in [-0.25, -0.2) is 0 Å². The first kappa shape index (κ1) is 15.5. The first-order valence-corrected chi connectivity index (χ1v) is 7.68. The van der Waals surface area contributed by atoms with Gasteiger partial charge in [0.15, 0.2) is 0 Å². The molecule has 0 aliphatic carbocycles. The Balaban J connectivity index is 1.98. The van der Waals surface area contributed by atoms with Crippen molar-refractivity contribution in [3.05, 3.63) is 48.0 Å². The fraction of sp³-hybridized carbons (Fsp3) is 0.389. The molecular weight excluding hydrogens is 260 g/mol. The number of hydrogen-bond donors (Lipinski definition) is 2. The average molecular weight is 284 g/mol. The second-order valence-electron chi connectivity index (χ2n) is 5.47. The lowest BCUT2D eigenvalue weighted by molar-refractivity contribution is -0.120. The Bertz CT molecular complexity index is 589. The summed E-state index contributed by atoms with van der Waals surface area (Å²) in [6.07, 6.45) is 2.44. The van der Waals surface area contributed by atoms with Crippen LogP contribution in [0.1, 0.15) is 25.3 Å². The molecule has 0 fully saturated rings. The van der Waals surface area contributed by atoms with Crippen molar-refractivity contribution in [2.75, 3.05) is 13.1 Å². The van der Waals surface area contributed by atoms with E-state index in [1.54, 1.807) is 0 Å². The zero-order chi connectivity index (χ0) is 15.1. The molecule has 2 aromatic rings. The Kier molecular flexibility index (Phi) is 5.76. The van der Waals surface area contributed by atoms with Crippen molar-refractivity contribution in [3.63, 3.8) is 0 Å². The van der Waals surface area contributed by atoms with Gasteiger partial charge in [-0.15, -0.1) is 0 Å². The molecule has 3 N–H and O–H groups in total. The summed E-state index contributed by atoms with van der Waals surface area (Å²) in [5, 5.41) is 5.37. The third kappa shape index (κ3) is 4.30. The number of amides is 1. The van der Waals surface area contributed by atoms with Crippen molar-refractivity contribution >= 4 is 16.7 Å². The molecule has 2 aromatic carbocycles. The van der Waals surface area contributed by atoms with Crippen LogP contribution >= 0.6 is 0 Å². The lowest BCUT2D eigenvalue weighted by atomic mass is 10.0. The lowest BCUT2D eigenvalue weighted by Gasteiger charge is -2.15. The Labute approximate surface area is 126 Å². The van der Waals surface area contributed by atoms with E-state index in [1.165, 1.54) is 5.39 Å². The zero-order valence-electron chi connectivity index (χ0n) is 12.6. The van der Waals surface area contributed by atoms with Gasteiger partial charge in [-0.1, -0.05) is 55.8 Å². The van der Waals surface area contributed by atoms with Crippen molar-refractivity contribution < 1.29 is 4.79 Å². The van der Waals surface area contributed by atoms with E-state index in [0.717, 1.165) is 30.3 Å². The average Bonchev–Trinajstić information content (AvgIpc) is 2.52. The van der Waals surface area contributed by atoms with E-state index in [2.05, 4.69) is 30.4 Å². The minimum absolute atomic E-state index is 0.0850. The highest BCUT2D eigenvalue weighted by atomic mass is 16.1. The van der Waals surface area contributed by atoms with Crippen molar-refractivity contribution in [1.29, 1.82) is 0 Å². The van der Waals surface area contributed by atoms with Crippen LogP contribution < -0.4 is 11.1 Å². The van der Waals surface area contributed by atoms with E-state index >= 15 is 0 Å². The molecule has 0 bridgehead atoms. The second-order valence-corrected chi connectivity index (χ2v) is 5.47. The van der Waals surface area contributed by atoms with E-state index in [4.69, 9.17) is 5.73 Å². The fourth-order valence-electron chi connectivity index (χ4n) is 2.63. The topological polar surface area (TPSA) is 55.1 Å². The van der Waals surface area contributed by atoms with Crippen LogP contribution in [0, 0.1) is 5.92 Å². The predicted octanol–water partition coefficient (Wildman–Crippen LogP) is 2.87. The largest absolute Gasteiger partial charge is 0.356 e. The standard InChI is InChI=1S/C18H24N2O/c1-2-14(10-11-19)13-20-18(21)12-16-8-5-7-15-6-3-4-9-17(15)16/h3-9,14H,2,10-13,19H2,1H3,(H,20,21). The van der Waals surface area contributed by atoms with Gasteiger partial charge in [0.1, 0.15) is 0 Å². The van der Waals surface area contributed by atoms with E-state index < -0.39 is 0 Å². The molecule has 112 valence electrons. The highest BCUT2D eigenvalue weighted by molar-refractivity contribution is 5.90. The Hall–Kier alpha value is -1.87. The number of carbonyl (C=O) groups excluding carboxylic acids is 1. The van der Waals surface area contributed by atoms with Gasteiger partial charge in [0.25, 0.3) is 0 Å². The maximum absolute atomic E-state index is 12.1. The van der Waals surface area contributed by atoms with Gasteiger partial charge in [-0.05, 0) is 35.2 Å². The summed E-state index contributed by atoms with van der Waals surface area (Å²) in [4.78, 5) is 12.1. The molecule has 3 nitrogen and oxygen atoms in total. The molecule has 3 heteroatoms. The van der Waals surface area contributed by atoms with Crippen LogP contribution in [0.5, 0.6) is 0 Å². The van der Waals surface area contributed by atoms with Crippen molar-refractivity contribution in [3.8, 4) is 0 Å². The van der Waals surface area contributed by atoms with Crippen LogP contribution in [-0.4, -0.2) is 19.0 Å². The molecule has 0 radical (unpaired) electrons. The summed E-state index contributed by atoms with van der Waals surface area (Å²) in [5.41, 5.74) is 6.67. The normalized spacial score (nSPS) is 12.3. The van der Waals surface area contributed by atoms with Crippen molar-refractivity contribution in [2.24, 2.45) is 11.7 Å². The molecule has 2 rings (SSSR count). The van der Waals surface area contributed by atoms with E-state index in [-0.39, 0.29) is 5.91 Å². The molecule has 1 atom stereocenters. The Morgan fingerprint density at radius 3 is 2.71 bits per heavy atom. The molecule has 0 heterocycles. The summed E-state index contributed by atoms with van der Waals surface area (Å²) in [7, 11) is 0. The van der Waals surface area contributed by atoms with Crippen LogP contribution in [0.3, 0.4) is 0 Å². The predicted molar refractivity (Wildman–Crippen MR) is 88.1 cm³/mol. The van der Waals surface area contributed by atoms with Crippen LogP contribution in [0.4, 0.5) is 0 Å². The highest BCUT2D eigenvalue weighted by Gasteiger charge is 2.10. The number of benzene rings is 2. The van der Waals surface area contributed by atoms with Gasteiger partial charge in [-0.3, -0.25) is 4.79 Å². The van der Waals surface area contributed by atoms with Crippen LogP contribution in [0.15, 0.2) is 42.5 Å².